The molecule has 0 N–H and O–H groups in total. The Kier molecular flexibility index (Phi) is 5.47. The number of amides is 2. The van der Waals surface area contributed by atoms with Gasteiger partial charge in [0.15, 0.2) is 0 Å². The van der Waals surface area contributed by atoms with Gasteiger partial charge in [-0.1, -0.05) is 30.3 Å². The van der Waals surface area contributed by atoms with E-state index in [1.807, 2.05) is 18.2 Å². The molecule has 1 aromatic rings. The molecule has 1 aliphatic heterocycles. The molecule has 1 aliphatic carbocycles. The first-order valence-corrected chi connectivity index (χ1v) is 8.65. The first kappa shape index (κ1) is 16.5. The van der Waals surface area contributed by atoms with Crippen LogP contribution in [0.2, 0.25) is 0 Å². The lowest BCUT2D eigenvalue weighted by atomic mass is 10.0. The Bertz CT molecular complexity index is 630. The smallest absolute Gasteiger partial charge is 0.253 e. The summed E-state index contributed by atoms with van der Waals surface area (Å²) in [5.74, 6) is 0.707. The molecule has 1 aromatic carbocycles. The third-order valence-corrected chi connectivity index (χ3v) is 4.45. The topological polar surface area (TPSA) is 46.6 Å². The van der Waals surface area contributed by atoms with Crippen molar-refractivity contribution in [3.63, 3.8) is 0 Å². The van der Waals surface area contributed by atoms with Gasteiger partial charge in [0, 0.05) is 31.5 Å². The Hall–Kier alpha value is -2.36. The van der Waals surface area contributed by atoms with Gasteiger partial charge in [-0.25, -0.2) is 0 Å². The third kappa shape index (κ3) is 4.34. The van der Waals surface area contributed by atoms with E-state index in [9.17, 15) is 9.59 Å². The molecule has 0 radical (unpaired) electrons. The molecule has 4 nitrogen and oxygen atoms in total. The van der Waals surface area contributed by atoms with E-state index in [1.165, 1.54) is 22.6 Å². The van der Waals surface area contributed by atoms with Crippen molar-refractivity contribution in [2.45, 2.75) is 44.6 Å². The zero-order valence-corrected chi connectivity index (χ0v) is 13.8. The minimum absolute atomic E-state index is 0.155. The van der Waals surface area contributed by atoms with Crippen LogP contribution < -0.4 is 0 Å². The van der Waals surface area contributed by atoms with Gasteiger partial charge in [-0.2, -0.15) is 0 Å². The first-order valence-electron chi connectivity index (χ1n) is 8.65. The highest BCUT2D eigenvalue weighted by atomic mass is 16.5. The van der Waals surface area contributed by atoms with Crippen molar-refractivity contribution < 1.29 is 14.3 Å². The number of nitrogens with zero attached hydrogens (tertiary/aromatic N) is 1. The maximum absolute atomic E-state index is 11.5. The molecule has 3 rings (SSSR count). The fraction of sp³-hybridized carbons (Fsp3) is 0.400. The Morgan fingerprint density at radius 1 is 1.04 bits per heavy atom. The van der Waals surface area contributed by atoms with Crippen LogP contribution in [0.1, 0.15) is 37.7 Å². The molecule has 126 valence electrons. The Morgan fingerprint density at radius 2 is 1.75 bits per heavy atom. The minimum atomic E-state index is -0.197. The standard InChI is InChI=1S/C20H23NO3/c22-19-12-13-20(23)21(19)14-5-4-9-18(24-17-10-6-11-17)15-16-7-2-1-3-8-16/h1-3,7-8,10,12-13,18H,4-6,9,11,14-15H2. The second-order valence-corrected chi connectivity index (χ2v) is 6.30. The van der Waals surface area contributed by atoms with Crippen LogP contribution in [0.15, 0.2) is 54.3 Å². The second kappa shape index (κ2) is 7.95. The number of carbonyl (C=O) groups excluding carboxylic acids is 2. The molecule has 1 heterocycles. The van der Waals surface area contributed by atoms with E-state index in [0.29, 0.717) is 6.54 Å². The Morgan fingerprint density at radius 3 is 2.38 bits per heavy atom. The van der Waals surface area contributed by atoms with Crippen LogP contribution in [0.25, 0.3) is 0 Å². The van der Waals surface area contributed by atoms with Crippen LogP contribution in [0.3, 0.4) is 0 Å². The highest BCUT2D eigenvalue weighted by Gasteiger charge is 2.22. The lowest BCUT2D eigenvalue weighted by Gasteiger charge is -2.25. The zero-order valence-electron chi connectivity index (χ0n) is 13.8. The molecule has 24 heavy (non-hydrogen) atoms. The molecular weight excluding hydrogens is 302 g/mol. The molecule has 2 aliphatic rings. The number of allylic oxidation sites excluding steroid dienone is 2. The third-order valence-electron chi connectivity index (χ3n) is 4.45. The van der Waals surface area contributed by atoms with Crippen LogP contribution in [0.4, 0.5) is 0 Å². The van der Waals surface area contributed by atoms with Gasteiger partial charge in [0.25, 0.3) is 11.8 Å². The predicted octanol–water partition coefficient (Wildman–Crippen LogP) is 3.39. The van der Waals surface area contributed by atoms with Gasteiger partial charge in [0.1, 0.15) is 6.10 Å². The van der Waals surface area contributed by atoms with Crippen LogP contribution in [-0.4, -0.2) is 29.4 Å². The highest BCUT2D eigenvalue weighted by Crippen LogP contribution is 2.24. The van der Waals surface area contributed by atoms with E-state index in [4.69, 9.17) is 4.74 Å². The number of imide groups is 1. The molecule has 1 atom stereocenters. The van der Waals surface area contributed by atoms with Crippen LogP contribution in [0, 0.1) is 0 Å². The minimum Gasteiger partial charge on any atom is -0.495 e. The van der Waals surface area contributed by atoms with Crippen molar-refractivity contribution >= 4 is 11.8 Å². The molecule has 0 saturated carbocycles. The van der Waals surface area contributed by atoms with E-state index in [-0.39, 0.29) is 17.9 Å². The first-order chi connectivity index (χ1) is 11.7. The SMILES string of the molecule is O=C1C=CC(=O)N1CCCCC(Cc1ccccc1)OC1=CCC1. The fourth-order valence-corrected chi connectivity index (χ4v) is 2.96. The summed E-state index contributed by atoms with van der Waals surface area (Å²) in [6.45, 7) is 0.491. The van der Waals surface area contributed by atoms with Gasteiger partial charge in [-0.05, 0) is 37.3 Å². The normalized spacial score (nSPS) is 17.7. The number of hydrogen-bond donors (Lipinski definition) is 0. The number of hydrogen-bond acceptors (Lipinski definition) is 3. The van der Waals surface area contributed by atoms with Gasteiger partial charge in [0.2, 0.25) is 0 Å². The molecule has 0 spiro atoms. The van der Waals surface area contributed by atoms with Crippen molar-refractivity contribution in [1.82, 2.24) is 4.90 Å². The average molecular weight is 325 g/mol. The van der Waals surface area contributed by atoms with Gasteiger partial charge in [-0.15, -0.1) is 0 Å². The lowest BCUT2D eigenvalue weighted by molar-refractivity contribution is -0.136. The van der Waals surface area contributed by atoms with Crippen LogP contribution in [0.5, 0.6) is 0 Å². The van der Waals surface area contributed by atoms with Crippen molar-refractivity contribution in [2.75, 3.05) is 6.54 Å². The summed E-state index contributed by atoms with van der Waals surface area (Å²) in [5, 5.41) is 0. The van der Waals surface area contributed by atoms with Gasteiger partial charge >= 0.3 is 0 Å². The second-order valence-electron chi connectivity index (χ2n) is 6.30. The summed E-state index contributed by atoms with van der Waals surface area (Å²) in [6, 6.07) is 10.4. The summed E-state index contributed by atoms with van der Waals surface area (Å²) >= 11 is 0. The number of carbonyl (C=O) groups is 2. The van der Waals surface area contributed by atoms with E-state index in [0.717, 1.165) is 44.3 Å². The number of unbranched alkanes of at least 4 members (excludes halogenated alkanes) is 1. The van der Waals surface area contributed by atoms with Crippen molar-refractivity contribution in [2.24, 2.45) is 0 Å². The average Bonchev–Trinajstić information content (AvgIpc) is 2.87. The van der Waals surface area contributed by atoms with Crippen molar-refractivity contribution in [1.29, 1.82) is 0 Å². The monoisotopic (exact) mass is 325 g/mol. The number of rotatable bonds is 9. The summed E-state index contributed by atoms with van der Waals surface area (Å²) in [6.07, 6.45) is 10.7. The van der Waals surface area contributed by atoms with Gasteiger partial charge in [0.05, 0.1) is 5.76 Å². The van der Waals surface area contributed by atoms with Crippen molar-refractivity contribution in [3.05, 3.63) is 59.9 Å². The summed E-state index contributed by atoms with van der Waals surface area (Å²) < 4.78 is 6.11. The Balaban J connectivity index is 1.46. The van der Waals surface area contributed by atoms with E-state index >= 15 is 0 Å². The summed E-state index contributed by atoms with van der Waals surface area (Å²) in [4.78, 5) is 24.4. The molecule has 1 unspecified atom stereocenters. The fourth-order valence-electron chi connectivity index (χ4n) is 2.96. The molecule has 0 fully saturated rings. The molecule has 0 aromatic heterocycles. The molecule has 2 amide bonds. The molecule has 0 saturated heterocycles. The quantitative estimate of drug-likeness (QED) is 0.516. The number of benzene rings is 1. The molecular formula is C20H23NO3. The largest absolute Gasteiger partial charge is 0.495 e. The Labute approximate surface area is 142 Å². The zero-order chi connectivity index (χ0) is 16.8. The predicted molar refractivity (Wildman–Crippen MR) is 92.0 cm³/mol. The van der Waals surface area contributed by atoms with E-state index in [1.54, 1.807) is 0 Å². The van der Waals surface area contributed by atoms with Gasteiger partial charge in [-0.3, -0.25) is 14.5 Å². The van der Waals surface area contributed by atoms with E-state index in [2.05, 4.69) is 18.2 Å². The lowest BCUT2D eigenvalue weighted by Crippen LogP contribution is -2.31. The summed E-state index contributed by atoms with van der Waals surface area (Å²) in [5.41, 5.74) is 1.27. The van der Waals surface area contributed by atoms with Crippen molar-refractivity contribution in [3.8, 4) is 0 Å². The maximum Gasteiger partial charge on any atom is 0.253 e. The van der Waals surface area contributed by atoms with Crippen LogP contribution in [-0.2, 0) is 20.7 Å². The highest BCUT2D eigenvalue weighted by molar-refractivity contribution is 6.12. The van der Waals surface area contributed by atoms with E-state index < -0.39 is 0 Å². The molecule has 0 bridgehead atoms. The maximum atomic E-state index is 11.5. The van der Waals surface area contributed by atoms with Crippen LogP contribution >= 0.6 is 0 Å². The summed E-state index contributed by atoms with van der Waals surface area (Å²) in [7, 11) is 0. The molecule has 4 heteroatoms. The van der Waals surface area contributed by atoms with Gasteiger partial charge < -0.3 is 4.74 Å². The number of ether oxygens (including phenoxy) is 1.